The van der Waals surface area contributed by atoms with E-state index in [0.717, 1.165) is 17.0 Å². The molecule has 0 saturated heterocycles. The maximum absolute atomic E-state index is 14.2. The molecule has 0 aliphatic rings. The molecule has 1 N–H and O–H groups in total. The highest BCUT2D eigenvalue weighted by Crippen LogP contribution is 2.25. The van der Waals surface area contributed by atoms with Crippen molar-refractivity contribution in [2.24, 2.45) is 0 Å². The summed E-state index contributed by atoms with van der Waals surface area (Å²) in [5, 5.41) is 3.48. The molecule has 0 saturated carbocycles. The van der Waals surface area contributed by atoms with E-state index < -0.39 is 21.9 Å². The first-order valence-electron chi connectivity index (χ1n) is 11.2. The molecule has 0 bridgehead atoms. The van der Waals surface area contributed by atoms with E-state index in [1.807, 2.05) is 6.92 Å². The number of nitrogens with zero attached hydrogens (tertiary/aromatic N) is 2. The molecule has 1 unspecified atom stereocenters. The standard InChI is InChI=1S/C24H30Cl2FN3O4S/c1-4-13-28-24(32)17(2)29(16-18-11-12-19(25)20(26)15-18)23(31)10-7-14-30(35(3,33)34)22-9-6-5-8-21(22)27/h5-6,8-9,11-12,15,17H,4,7,10,13-14,16H2,1-3H3,(H,28,32). The van der Waals surface area contributed by atoms with Crippen LogP contribution < -0.4 is 9.62 Å². The van der Waals surface area contributed by atoms with Gasteiger partial charge in [0.15, 0.2) is 0 Å². The maximum atomic E-state index is 14.2. The van der Waals surface area contributed by atoms with Crippen molar-refractivity contribution in [1.82, 2.24) is 10.2 Å². The molecule has 2 rings (SSSR count). The molecule has 0 aliphatic carbocycles. The first kappa shape index (κ1) is 28.9. The van der Waals surface area contributed by atoms with Crippen LogP contribution in [0, 0.1) is 5.82 Å². The zero-order valence-electron chi connectivity index (χ0n) is 19.9. The summed E-state index contributed by atoms with van der Waals surface area (Å²) < 4.78 is 39.7. The number of carbonyl (C=O) groups is 2. The van der Waals surface area contributed by atoms with Gasteiger partial charge in [-0.05, 0) is 49.6 Å². The van der Waals surface area contributed by atoms with Gasteiger partial charge in [0.1, 0.15) is 11.9 Å². The quantitative estimate of drug-likeness (QED) is 0.421. The van der Waals surface area contributed by atoms with Crippen molar-refractivity contribution >= 4 is 50.7 Å². The SMILES string of the molecule is CCCNC(=O)C(C)N(Cc1ccc(Cl)c(Cl)c1)C(=O)CCCN(c1ccccc1F)S(C)(=O)=O. The van der Waals surface area contributed by atoms with Gasteiger partial charge < -0.3 is 10.2 Å². The smallest absolute Gasteiger partial charge is 0.242 e. The molecule has 0 aliphatic heterocycles. The Kier molecular flexibility index (Phi) is 10.8. The van der Waals surface area contributed by atoms with Crippen molar-refractivity contribution in [1.29, 1.82) is 0 Å². The molecule has 0 aromatic heterocycles. The second kappa shape index (κ2) is 13.1. The summed E-state index contributed by atoms with van der Waals surface area (Å²) in [7, 11) is -3.78. The van der Waals surface area contributed by atoms with E-state index in [1.54, 1.807) is 25.1 Å². The average Bonchev–Trinajstić information content (AvgIpc) is 2.80. The van der Waals surface area contributed by atoms with Crippen molar-refractivity contribution in [3.05, 3.63) is 63.9 Å². The van der Waals surface area contributed by atoms with E-state index in [-0.39, 0.29) is 43.4 Å². The van der Waals surface area contributed by atoms with Crippen LogP contribution in [0.2, 0.25) is 10.0 Å². The number of sulfonamides is 1. The summed E-state index contributed by atoms with van der Waals surface area (Å²) in [5.74, 6) is -1.33. The average molecular weight is 546 g/mol. The van der Waals surface area contributed by atoms with Crippen LogP contribution in [0.3, 0.4) is 0 Å². The van der Waals surface area contributed by atoms with Gasteiger partial charge in [0, 0.05) is 26.1 Å². The monoisotopic (exact) mass is 545 g/mol. The Bertz CT molecular complexity index is 1150. The highest BCUT2D eigenvalue weighted by Gasteiger charge is 2.27. The zero-order valence-corrected chi connectivity index (χ0v) is 22.3. The summed E-state index contributed by atoms with van der Waals surface area (Å²) in [4.78, 5) is 27.2. The fraction of sp³-hybridized carbons (Fsp3) is 0.417. The third-order valence-corrected chi connectivity index (χ3v) is 7.25. The van der Waals surface area contributed by atoms with E-state index in [9.17, 15) is 22.4 Å². The molecule has 7 nitrogen and oxygen atoms in total. The summed E-state index contributed by atoms with van der Waals surface area (Å²) >= 11 is 12.1. The second-order valence-corrected chi connectivity index (χ2v) is 10.8. The van der Waals surface area contributed by atoms with Crippen LogP contribution in [-0.2, 0) is 26.2 Å². The molecule has 2 aromatic rings. The van der Waals surface area contributed by atoms with Crippen molar-refractivity contribution in [3.8, 4) is 0 Å². The molecule has 2 amide bonds. The number of nitrogens with one attached hydrogen (secondary N) is 1. The normalized spacial score (nSPS) is 12.2. The summed E-state index contributed by atoms with van der Waals surface area (Å²) in [6.07, 6.45) is 1.81. The number of rotatable bonds is 12. The van der Waals surface area contributed by atoms with Crippen LogP contribution in [0.1, 0.15) is 38.7 Å². The van der Waals surface area contributed by atoms with Gasteiger partial charge in [-0.1, -0.05) is 48.3 Å². The largest absolute Gasteiger partial charge is 0.354 e. The number of carbonyl (C=O) groups excluding carboxylic acids is 2. The third-order valence-electron chi connectivity index (χ3n) is 5.33. The fourth-order valence-corrected chi connectivity index (χ4v) is 4.74. The van der Waals surface area contributed by atoms with E-state index in [2.05, 4.69) is 5.32 Å². The van der Waals surface area contributed by atoms with Gasteiger partial charge in [-0.25, -0.2) is 12.8 Å². The summed E-state index contributed by atoms with van der Waals surface area (Å²) in [6, 6.07) is 9.73. The van der Waals surface area contributed by atoms with Gasteiger partial charge >= 0.3 is 0 Å². The van der Waals surface area contributed by atoms with E-state index in [1.165, 1.54) is 29.2 Å². The minimum absolute atomic E-state index is 0.0484. The van der Waals surface area contributed by atoms with Crippen LogP contribution in [0.4, 0.5) is 10.1 Å². The van der Waals surface area contributed by atoms with Gasteiger partial charge in [-0.3, -0.25) is 13.9 Å². The summed E-state index contributed by atoms with van der Waals surface area (Å²) in [5.41, 5.74) is 0.606. The van der Waals surface area contributed by atoms with Crippen LogP contribution in [0.25, 0.3) is 0 Å². The van der Waals surface area contributed by atoms with Crippen molar-refractivity contribution in [2.45, 2.75) is 45.7 Å². The van der Waals surface area contributed by atoms with E-state index in [0.29, 0.717) is 22.2 Å². The molecular weight excluding hydrogens is 516 g/mol. The molecule has 0 heterocycles. The molecule has 0 radical (unpaired) electrons. The molecular formula is C24H30Cl2FN3O4S. The molecule has 2 aromatic carbocycles. The van der Waals surface area contributed by atoms with Crippen molar-refractivity contribution < 1.29 is 22.4 Å². The Morgan fingerprint density at radius 1 is 1.11 bits per heavy atom. The predicted molar refractivity (Wildman–Crippen MR) is 138 cm³/mol. The maximum Gasteiger partial charge on any atom is 0.242 e. The van der Waals surface area contributed by atoms with E-state index in [4.69, 9.17) is 23.2 Å². The highest BCUT2D eigenvalue weighted by molar-refractivity contribution is 7.92. The van der Waals surface area contributed by atoms with Gasteiger partial charge in [0.25, 0.3) is 0 Å². The third kappa shape index (κ3) is 8.37. The van der Waals surface area contributed by atoms with Gasteiger partial charge in [0.2, 0.25) is 21.8 Å². The Labute approximate surface area is 216 Å². The molecule has 1 atom stereocenters. The van der Waals surface area contributed by atoms with Gasteiger partial charge in [0.05, 0.1) is 22.0 Å². The lowest BCUT2D eigenvalue weighted by molar-refractivity contribution is -0.140. The van der Waals surface area contributed by atoms with E-state index >= 15 is 0 Å². The first-order chi connectivity index (χ1) is 16.5. The lowest BCUT2D eigenvalue weighted by atomic mass is 10.1. The number of benzene rings is 2. The molecule has 0 spiro atoms. The fourth-order valence-electron chi connectivity index (χ4n) is 3.45. The molecule has 35 heavy (non-hydrogen) atoms. The number of hydrogen-bond donors (Lipinski definition) is 1. The van der Waals surface area contributed by atoms with Crippen LogP contribution in [0.15, 0.2) is 42.5 Å². The second-order valence-electron chi connectivity index (χ2n) is 8.13. The highest BCUT2D eigenvalue weighted by atomic mass is 35.5. The molecule has 0 fully saturated rings. The number of hydrogen-bond acceptors (Lipinski definition) is 4. The van der Waals surface area contributed by atoms with Gasteiger partial charge in [-0.15, -0.1) is 0 Å². The minimum Gasteiger partial charge on any atom is -0.354 e. The Balaban J connectivity index is 2.19. The van der Waals surface area contributed by atoms with Gasteiger partial charge in [-0.2, -0.15) is 0 Å². The first-order valence-corrected chi connectivity index (χ1v) is 13.8. The predicted octanol–water partition coefficient (Wildman–Crippen LogP) is 4.62. The minimum atomic E-state index is -3.78. The van der Waals surface area contributed by atoms with Crippen LogP contribution >= 0.6 is 23.2 Å². The summed E-state index contributed by atoms with van der Waals surface area (Å²) in [6.45, 7) is 4.04. The zero-order chi connectivity index (χ0) is 26.2. The topological polar surface area (TPSA) is 86.8 Å². The molecule has 11 heteroatoms. The molecule has 192 valence electrons. The lowest BCUT2D eigenvalue weighted by Gasteiger charge is -2.29. The number of halogens is 3. The Morgan fingerprint density at radius 2 is 1.80 bits per heavy atom. The number of amides is 2. The van der Waals surface area contributed by atoms with Crippen LogP contribution in [0.5, 0.6) is 0 Å². The number of anilines is 1. The number of para-hydroxylation sites is 1. The van der Waals surface area contributed by atoms with Crippen LogP contribution in [-0.4, -0.2) is 50.5 Å². The lowest BCUT2D eigenvalue weighted by Crippen LogP contribution is -2.47. The van der Waals surface area contributed by atoms with Crippen molar-refractivity contribution in [3.63, 3.8) is 0 Å². The Morgan fingerprint density at radius 3 is 2.40 bits per heavy atom. The Hall–Kier alpha value is -2.36. The van der Waals surface area contributed by atoms with Crippen molar-refractivity contribution in [2.75, 3.05) is 23.7 Å².